The molecule has 0 saturated heterocycles. The second-order valence-corrected chi connectivity index (χ2v) is 18.7. The molecule has 0 spiro atoms. The van der Waals surface area contributed by atoms with Gasteiger partial charge in [-0.1, -0.05) is 48.5 Å². The van der Waals surface area contributed by atoms with Gasteiger partial charge in [-0.2, -0.15) is 0 Å². The largest absolute Gasteiger partial charge is 2.00 e. The number of aromatic nitrogens is 14. The molecule has 16 heteroatoms. The van der Waals surface area contributed by atoms with Crippen LogP contribution < -0.4 is 0 Å². The number of fused-ring (bicyclic) bond motifs is 12. The molecule has 0 radical (unpaired) electrons. The maximum atomic E-state index is 5.14. The first-order valence-corrected chi connectivity index (χ1v) is 26.5. The van der Waals surface area contributed by atoms with Crippen LogP contribution in [0.15, 0.2) is 244 Å². The van der Waals surface area contributed by atoms with Crippen molar-refractivity contribution in [1.82, 2.24) is 69.8 Å². The molecule has 13 heterocycles. The molecule has 0 N–H and O–H groups in total. The molecule has 2 aromatic carbocycles. The fourth-order valence-electron chi connectivity index (χ4n) is 9.13. The zero-order valence-electron chi connectivity index (χ0n) is 46.1. The van der Waals surface area contributed by atoms with Crippen molar-refractivity contribution in [3.63, 3.8) is 0 Å². The van der Waals surface area contributed by atoms with Crippen LogP contribution in [0.2, 0.25) is 0 Å². The predicted molar refractivity (Wildman–Crippen MR) is 327 cm³/mol. The Kier molecular flexibility index (Phi) is 19.7. The monoisotopic (exact) mass is 1270 g/mol. The Morgan fingerprint density at radius 1 is 0.179 bits per heavy atom. The first-order chi connectivity index (χ1) is 40.3. The van der Waals surface area contributed by atoms with Gasteiger partial charge in [0.15, 0.2) is 0 Å². The summed E-state index contributed by atoms with van der Waals surface area (Å²) in [7, 11) is 0. The van der Waals surface area contributed by atoms with Crippen molar-refractivity contribution in [3.05, 3.63) is 266 Å². The molecule has 0 aliphatic carbocycles. The molecule has 0 fully saturated rings. The molecule has 0 aliphatic heterocycles. The van der Waals surface area contributed by atoms with Gasteiger partial charge < -0.3 is 0 Å². The molecule has 84 heavy (non-hydrogen) atoms. The third-order valence-electron chi connectivity index (χ3n) is 12.9. The van der Waals surface area contributed by atoms with E-state index in [1.807, 2.05) is 222 Å². The molecule has 14 nitrogen and oxygen atoms in total. The summed E-state index contributed by atoms with van der Waals surface area (Å²) < 4.78 is 0. The Labute approximate surface area is 510 Å². The Morgan fingerprint density at radius 2 is 0.393 bits per heavy atom. The minimum Gasteiger partial charge on any atom is -0.255 e. The minimum absolute atomic E-state index is 0. The summed E-state index contributed by atoms with van der Waals surface area (Å²) >= 11 is 0. The Bertz CT molecular complexity index is 4060. The van der Waals surface area contributed by atoms with Crippen molar-refractivity contribution in [2.45, 2.75) is 27.7 Å². The van der Waals surface area contributed by atoms with Crippen LogP contribution in [0.3, 0.4) is 0 Å². The van der Waals surface area contributed by atoms with Crippen molar-refractivity contribution in [2.24, 2.45) is 0 Å². The van der Waals surface area contributed by atoms with Crippen molar-refractivity contribution in [2.75, 3.05) is 0 Å². The molecule has 0 amide bonds. The second-order valence-electron chi connectivity index (χ2n) is 18.7. The van der Waals surface area contributed by atoms with Crippen LogP contribution in [0.1, 0.15) is 22.8 Å². The van der Waals surface area contributed by atoms with Gasteiger partial charge in [0.05, 0.1) is 89.7 Å². The molecule has 0 atom stereocenters. The quantitative estimate of drug-likeness (QED) is 0.0922. The number of benzene rings is 2. The van der Waals surface area contributed by atoms with E-state index in [2.05, 4.69) is 59.8 Å². The van der Waals surface area contributed by atoms with Gasteiger partial charge in [0, 0.05) is 93.9 Å². The fraction of sp³-hybridized carbons (Fsp3) is 0.0588. The van der Waals surface area contributed by atoms with Gasteiger partial charge >= 0.3 is 39.0 Å². The van der Waals surface area contributed by atoms with Crippen LogP contribution in [0.25, 0.3) is 111 Å². The van der Waals surface area contributed by atoms with E-state index in [4.69, 9.17) is 9.97 Å². The van der Waals surface area contributed by atoms with Gasteiger partial charge in [-0.25, -0.2) is 9.97 Å². The van der Waals surface area contributed by atoms with Crippen LogP contribution >= 0.6 is 0 Å². The number of pyridine rings is 12. The summed E-state index contributed by atoms with van der Waals surface area (Å²) in [5, 5.41) is 3.76. The molecular weight excluding hydrogens is 1210 g/mol. The maximum absolute atomic E-state index is 5.14. The number of aryl methyl sites for hydroxylation is 4. The van der Waals surface area contributed by atoms with Gasteiger partial charge in [0.25, 0.3) is 0 Å². The van der Waals surface area contributed by atoms with Crippen molar-refractivity contribution < 1.29 is 39.0 Å². The summed E-state index contributed by atoms with van der Waals surface area (Å²) in [6.45, 7) is 7.91. The molecule has 13 aromatic heterocycles. The molecule has 15 rings (SSSR count). The van der Waals surface area contributed by atoms with E-state index < -0.39 is 0 Å². The summed E-state index contributed by atoms with van der Waals surface area (Å²) in [6, 6.07) is 62.9. The van der Waals surface area contributed by atoms with E-state index in [1.54, 1.807) is 49.6 Å². The van der Waals surface area contributed by atoms with Gasteiger partial charge in [0.1, 0.15) is 0 Å². The summed E-state index contributed by atoms with van der Waals surface area (Å²) in [6.07, 6.45) is 14.3. The topological polar surface area (TPSA) is 180 Å². The third-order valence-corrected chi connectivity index (χ3v) is 12.9. The van der Waals surface area contributed by atoms with Crippen molar-refractivity contribution in [3.8, 4) is 45.6 Å². The Balaban J connectivity index is 0.000000134. The number of hydrogen-bond acceptors (Lipinski definition) is 14. The van der Waals surface area contributed by atoms with Crippen LogP contribution in [0.4, 0.5) is 0 Å². The van der Waals surface area contributed by atoms with Gasteiger partial charge in [-0.05, 0) is 173 Å². The average molecular weight is 1270 g/mol. The van der Waals surface area contributed by atoms with E-state index in [1.165, 1.54) is 0 Å². The van der Waals surface area contributed by atoms with E-state index in [0.717, 1.165) is 134 Å². The second kappa shape index (κ2) is 28.2. The van der Waals surface area contributed by atoms with Crippen LogP contribution in [0.5, 0.6) is 0 Å². The van der Waals surface area contributed by atoms with Crippen molar-refractivity contribution >= 4 is 65.7 Å². The van der Waals surface area contributed by atoms with Crippen LogP contribution in [-0.2, 0) is 39.0 Å². The Hall–Kier alpha value is -9.87. The van der Waals surface area contributed by atoms with Gasteiger partial charge in [-0.3, -0.25) is 59.8 Å². The normalized spacial score (nSPS) is 10.4. The van der Waals surface area contributed by atoms with E-state index >= 15 is 0 Å². The maximum Gasteiger partial charge on any atom is 2.00 e. The van der Waals surface area contributed by atoms with E-state index in [9.17, 15) is 0 Å². The predicted octanol–water partition coefficient (Wildman–Crippen LogP) is 14.8. The smallest absolute Gasteiger partial charge is 0.255 e. The molecule has 406 valence electrons. The summed E-state index contributed by atoms with van der Waals surface area (Å²) in [5.74, 6) is 0. The number of hydrogen-bond donors (Lipinski definition) is 0. The molecule has 0 saturated carbocycles. The standard InChI is InChI=1S/C24H12N6.4C11H10N2.2Ru/c1-5-13-17(25-9-1)18-14(6-2-10-26-18)22-21(13)29-23-15-7-3-11-27-19(15)20-16(24(23)30-22)8-4-12-28-20;4*1-9-5-4-7-11(13-9)10-6-2-3-8-12-10;;/h1-12H;4*2-8H,1H3;;/q;;;;;2*+2. The Morgan fingerprint density at radius 3 is 0.595 bits per heavy atom. The van der Waals surface area contributed by atoms with Gasteiger partial charge in [-0.15, -0.1) is 0 Å². The fourth-order valence-corrected chi connectivity index (χ4v) is 9.13. The first-order valence-electron chi connectivity index (χ1n) is 26.5. The number of nitrogens with zero attached hydrogens (tertiary/aromatic N) is 14. The molecule has 0 aliphatic rings. The zero-order valence-corrected chi connectivity index (χ0v) is 49.5. The third kappa shape index (κ3) is 13.9. The summed E-state index contributed by atoms with van der Waals surface area (Å²) in [5.41, 5.74) is 18.1. The first kappa shape index (κ1) is 58.8. The zero-order chi connectivity index (χ0) is 56.0. The molecule has 0 bridgehead atoms. The van der Waals surface area contributed by atoms with Crippen LogP contribution in [-0.4, -0.2) is 69.8 Å². The minimum atomic E-state index is 0. The number of rotatable bonds is 4. The SMILES string of the molecule is Cc1cccc(-c2ccccn2)n1.Cc1cccc(-c2ccccn2)n1.Cc1cccc(-c2ccccn2)n1.Cc1cccc(-c2ccccn2)n1.[Ru+2].[Ru+2].c1cnc2c(c1)c1nc3c4cccnc4c4ncccc4c3nc1c1cccnc12. The van der Waals surface area contributed by atoms with Gasteiger partial charge in [0.2, 0.25) is 0 Å². The summed E-state index contributed by atoms with van der Waals surface area (Å²) in [4.78, 5) is 63.1. The molecular formula is C68H52N14Ru2+4. The van der Waals surface area contributed by atoms with E-state index in [-0.39, 0.29) is 39.0 Å². The molecule has 15 aromatic rings. The average Bonchev–Trinajstić information content (AvgIpc) is 3.67. The molecule has 0 unspecified atom stereocenters. The van der Waals surface area contributed by atoms with E-state index in [0.29, 0.717) is 0 Å². The van der Waals surface area contributed by atoms with Crippen molar-refractivity contribution in [1.29, 1.82) is 0 Å². The van der Waals surface area contributed by atoms with Crippen LogP contribution in [0, 0.1) is 27.7 Å².